The fourth-order valence-corrected chi connectivity index (χ4v) is 0.978. The van der Waals surface area contributed by atoms with Crippen LogP contribution in [0.4, 0.5) is 13.2 Å². The second-order valence-corrected chi connectivity index (χ2v) is 3.74. The van der Waals surface area contributed by atoms with Crippen molar-refractivity contribution in [3.05, 3.63) is 24.3 Å². The highest BCUT2D eigenvalue weighted by Crippen LogP contribution is 2.30. The maximum atomic E-state index is 12.3. The highest BCUT2D eigenvalue weighted by atomic mass is 19.4. The normalized spacial score (nSPS) is 15.2. The monoisotopic (exact) mass is 250 g/mol. The van der Waals surface area contributed by atoms with Crippen LogP contribution in [0.3, 0.4) is 0 Å². The second-order valence-electron chi connectivity index (χ2n) is 3.74. The van der Waals surface area contributed by atoms with Crippen LogP contribution in [0, 0.1) is 0 Å². The quantitative estimate of drug-likeness (QED) is 0.891. The Morgan fingerprint density at radius 3 is 2.00 bits per heavy atom. The Balaban J connectivity index is 2.61. The first-order chi connectivity index (χ1) is 7.76. The van der Waals surface area contributed by atoms with Crippen LogP contribution in [0.2, 0.25) is 0 Å². The van der Waals surface area contributed by atoms with E-state index in [1.807, 2.05) is 0 Å². The molecule has 0 radical (unpaired) electrons. The van der Waals surface area contributed by atoms with Crippen molar-refractivity contribution in [1.82, 2.24) is 0 Å². The molecular weight excluding hydrogens is 237 g/mol. The van der Waals surface area contributed by atoms with Crippen LogP contribution in [0.15, 0.2) is 24.3 Å². The zero-order chi connectivity index (χ0) is 13.1. The molecule has 0 saturated carbocycles. The number of alkyl halides is 3. The van der Waals surface area contributed by atoms with Gasteiger partial charge in [-0.25, -0.2) is 0 Å². The molecule has 1 N–H and O–H groups in total. The Bertz CT molecular complexity index is 357. The van der Waals surface area contributed by atoms with Crippen molar-refractivity contribution in [2.45, 2.75) is 18.7 Å². The molecule has 0 spiro atoms. The molecule has 0 heterocycles. The summed E-state index contributed by atoms with van der Waals surface area (Å²) in [6, 6.07) is 6.03. The first kappa shape index (κ1) is 13.6. The van der Waals surface area contributed by atoms with Gasteiger partial charge in [-0.2, -0.15) is 13.2 Å². The van der Waals surface area contributed by atoms with Gasteiger partial charge in [-0.15, -0.1) is 0 Å². The summed E-state index contributed by atoms with van der Waals surface area (Å²) in [5, 5.41) is 9.14. The summed E-state index contributed by atoms with van der Waals surface area (Å²) in [6.45, 7) is -0.195. The lowest BCUT2D eigenvalue weighted by atomic mass is 10.1. The number of ether oxygens (including phenoxy) is 2. The zero-order valence-electron chi connectivity index (χ0n) is 9.41. The average Bonchev–Trinajstić information content (AvgIpc) is 2.25. The van der Waals surface area contributed by atoms with E-state index in [1.54, 1.807) is 12.1 Å². The number of methoxy groups -OCH3 is 1. The SMILES string of the molecule is COc1ccc(OCC(C)(O)C(F)(F)F)cc1. The van der Waals surface area contributed by atoms with Gasteiger partial charge in [-0.1, -0.05) is 0 Å². The van der Waals surface area contributed by atoms with Gasteiger partial charge < -0.3 is 14.6 Å². The molecule has 96 valence electrons. The lowest BCUT2D eigenvalue weighted by molar-refractivity contribution is -0.260. The molecule has 0 aliphatic rings. The lowest BCUT2D eigenvalue weighted by Gasteiger charge is -2.26. The van der Waals surface area contributed by atoms with Gasteiger partial charge in [0.25, 0.3) is 0 Å². The molecule has 0 aliphatic heterocycles. The summed E-state index contributed by atoms with van der Waals surface area (Å²) in [6.07, 6.45) is -4.72. The van der Waals surface area contributed by atoms with Gasteiger partial charge in [0.05, 0.1) is 7.11 Å². The van der Waals surface area contributed by atoms with E-state index in [4.69, 9.17) is 14.6 Å². The van der Waals surface area contributed by atoms with Gasteiger partial charge in [0.2, 0.25) is 0 Å². The molecule has 6 heteroatoms. The van der Waals surface area contributed by atoms with Crippen LogP contribution >= 0.6 is 0 Å². The number of halogens is 3. The minimum Gasteiger partial charge on any atom is -0.497 e. The minimum atomic E-state index is -4.72. The third-order valence-electron chi connectivity index (χ3n) is 2.19. The van der Waals surface area contributed by atoms with Crippen molar-refractivity contribution in [2.75, 3.05) is 13.7 Å². The van der Waals surface area contributed by atoms with E-state index < -0.39 is 18.4 Å². The molecule has 3 nitrogen and oxygen atoms in total. The summed E-state index contributed by atoms with van der Waals surface area (Å²) in [7, 11) is 1.48. The number of benzene rings is 1. The van der Waals surface area contributed by atoms with Crippen molar-refractivity contribution in [1.29, 1.82) is 0 Å². The molecule has 0 aliphatic carbocycles. The van der Waals surface area contributed by atoms with Crippen LogP contribution < -0.4 is 9.47 Å². The van der Waals surface area contributed by atoms with Gasteiger partial charge in [0.15, 0.2) is 5.60 Å². The third-order valence-corrected chi connectivity index (χ3v) is 2.19. The molecule has 0 bridgehead atoms. The number of hydrogen-bond donors (Lipinski definition) is 1. The molecule has 0 aromatic heterocycles. The molecular formula is C11H13F3O3. The van der Waals surface area contributed by atoms with Crippen LogP contribution in [0.5, 0.6) is 11.5 Å². The van der Waals surface area contributed by atoms with Gasteiger partial charge in [0.1, 0.15) is 18.1 Å². The maximum Gasteiger partial charge on any atom is 0.420 e. The first-order valence-electron chi connectivity index (χ1n) is 4.82. The van der Waals surface area contributed by atoms with Gasteiger partial charge in [-0.3, -0.25) is 0 Å². The van der Waals surface area contributed by atoms with E-state index in [2.05, 4.69) is 0 Å². The molecule has 1 unspecified atom stereocenters. The van der Waals surface area contributed by atoms with Crippen LogP contribution in [0.25, 0.3) is 0 Å². The highest BCUT2D eigenvalue weighted by Gasteiger charge is 2.50. The van der Waals surface area contributed by atoms with Crippen molar-refractivity contribution < 1.29 is 27.8 Å². The molecule has 0 fully saturated rings. The summed E-state index contributed by atoms with van der Waals surface area (Å²) >= 11 is 0. The van der Waals surface area contributed by atoms with Crippen LogP contribution in [-0.2, 0) is 0 Å². The van der Waals surface area contributed by atoms with E-state index in [0.29, 0.717) is 12.7 Å². The second kappa shape index (κ2) is 4.83. The topological polar surface area (TPSA) is 38.7 Å². The standard InChI is InChI=1S/C11H13F3O3/c1-10(15,11(12,13)14)7-17-9-5-3-8(16-2)4-6-9/h3-6,15H,7H2,1-2H3. The summed E-state index contributed by atoms with van der Waals surface area (Å²) < 4.78 is 46.7. The largest absolute Gasteiger partial charge is 0.497 e. The third kappa shape index (κ3) is 3.52. The Kier molecular flexibility index (Phi) is 3.87. The van der Waals surface area contributed by atoms with E-state index in [-0.39, 0.29) is 5.75 Å². The first-order valence-corrected chi connectivity index (χ1v) is 4.82. The maximum absolute atomic E-state index is 12.3. The van der Waals surface area contributed by atoms with Gasteiger partial charge in [0, 0.05) is 0 Å². The Hall–Kier alpha value is -1.43. The predicted octanol–water partition coefficient (Wildman–Crippen LogP) is 2.39. The fraction of sp³-hybridized carbons (Fsp3) is 0.455. The minimum absolute atomic E-state index is 0.232. The molecule has 1 rings (SSSR count). The molecule has 1 aromatic carbocycles. The van der Waals surface area contributed by atoms with Crippen LogP contribution in [0.1, 0.15) is 6.92 Å². The molecule has 1 aromatic rings. The van der Waals surface area contributed by atoms with Gasteiger partial charge in [-0.05, 0) is 31.2 Å². The summed E-state index contributed by atoms with van der Waals surface area (Å²) in [4.78, 5) is 0. The van der Waals surface area contributed by atoms with Crippen molar-refractivity contribution in [3.63, 3.8) is 0 Å². The smallest absolute Gasteiger partial charge is 0.420 e. The number of hydrogen-bond acceptors (Lipinski definition) is 3. The molecule has 1 atom stereocenters. The molecule has 0 saturated heterocycles. The summed E-state index contributed by atoms with van der Waals surface area (Å²) in [5.41, 5.74) is -2.87. The van der Waals surface area contributed by atoms with Crippen LogP contribution in [-0.4, -0.2) is 30.6 Å². The van der Waals surface area contributed by atoms with Crippen molar-refractivity contribution in [2.24, 2.45) is 0 Å². The molecule has 17 heavy (non-hydrogen) atoms. The number of rotatable bonds is 4. The van der Waals surface area contributed by atoms with E-state index in [9.17, 15) is 13.2 Å². The number of aliphatic hydroxyl groups is 1. The lowest BCUT2D eigenvalue weighted by Crippen LogP contribution is -2.47. The van der Waals surface area contributed by atoms with E-state index >= 15 is 0 Å². The predicted molar refractivity (Wildman–Crippen MR) is 55.2 cm³/mol. The van der Waals surface area contributed by atoms with Crippen molar-refractivity contribution in [3.8, 4) is 11.5 Å². The Labute approximate surface area is 96.8 Å². The van der Waals surface area contributed by atoms with Crippen molar-refractivity contribution >= 4 is 0 Å². The van der Waals surface area contributed by atoms with Gasteiger partial charge >= 0.3 is 6.18 Å². The highest BCUT2D eigenvalue weighted by molar-refractivity contribution is 5.31. The molecule has 0 amide bonds. The Morgan fingerprint density at radius 1 is 1.12 bits per heavy atom. The van der Waals surface area contributed by atoms with E-state index in [0.717, 1.165) is 0 Å². The summed E-state index contributed by atoms with van der Waals surface area (Å²) in [5.74, 6) is 0.801. The average molecular weight is 250 g/mol. The zero-order valence-corrected chi connectivity index (χ0v) is 9.41. The fourth-order valence-electron chi connectivity index (χ4n) is 0.978. The Morgan fingerprint density at radius 2 is 1.59 bits per heavy atom. The van der Waals surface area contributed by atoms with E-state index in [1.165, 1.54) is 19.2 Å².